The van der Waals surface area contributed by atoms with E-state index in [9.17, 15) is 5.11 Å². The molecule has 3 heterocycles. The van der Waals surface area contributed by atoms with Crippen LogP contribution in [0.3, 0.4) is 0 Å². The molecule has 3 aromatic rings. The van der Waals surface area contributed by atoms with Crippen molar-refractivity contribution in [1.29, 1.82) is 0 Å². The molecule has 0 unspecified atom stereocenters. The molecule has 0 fully saturated rings. The monoisotopic (exact) mass is 366 g/mol. The molecule has 0 amide bonds. The normalized spacial score (nSPS) is 14.0. The molecule has 140 valence electrons. The van der Waals surface area contributed by atoms with E-state index in [1.165, 1.54) is 5.69 Å². The van der Waals surface area contributed by atoms with Crippen LogP contribution in [0.15, 0.2) is 42.7 Å². The molecule has 8 nitrogen and oxygen atoms in total. The van der Waals surface area contributed by atoms with Crippen LogP contribution < -0.4 is 10.1 Å². The highest BCUT2D eigenvalue weighted by Crippen LogP contribution is 2.26. The van der Waals surface area contributed by atoms with Crippen molar-refractivity contribution in [1.82, 2.24) is 24.6 Å². The Morgan fingerprint density at radius 3 is 2.85 bits per heavy atom. The van der Waals surface area contributed by atoms with E-state index < -0.39 is 0 Å². The van der Waals surface area contributed by atoms with E-state index in [0.29, 0.717) is 19.0 Å². The van der Waals surface area contributed by atoms with Crippen LogP contribution in [-0.4, -0.2) is 43.4 Å². The van der Waals surface area contributed by atoms with Gasteiger partial charge in [-0.05, 0) is 30.3 Å². The average Bonchev–Trinajstić information content (AvgIpc) is 3.10. The summed E-state index contributed by atoms with van der Waals surface area (Å²) >= 11 is 0. The van der Waals surface area contributed by atoms with E-state index in [2.05, 4.69) is 36.0 Å². The van der Waals surface area contributed by atoms with Crippen molar-refractivity contribution in [2.45, 2.75) is 26.2 Å². The van der Waals surface area contributed by atoms with Crippen molar-refractivity contribution < 1.29 is 9.84 Å². The molecule has 8 heteroatoms. The van der Waals surface area contributed by atoms with Gasteiger partial charge in [0.2, 0.25) is 5.95 Å². The van der Waals surface area contributed by atoms with Gasteiger partial charge >= 0.3 is 0 Å². The van der Waals surface area contributed by atoms with Crippen molar-refractivity contribution in [3.63, 3.8) is 0 Å². The number of rotatable bonds is 6. The number of aromatic hydroxyl groups is 1. The Morgan fingerprint density at radius 2 is 2.04 bits per heavy atom. The van der Waals surface area contributed by atoms with Crippen LogP contribution >= 0.6 is 0 Å². The van der Waals surface area contributed by atoms with Gasteiger partial charge in [-0.3, -0.25) is 9.58 Å². The third-order valence-corrected chi connectivity index (χ3v) is 4.58. The summed E-state index contributed by atoms with van der Waals surface area (Å²) in [4.78, 5) is 10.6. The van der Waals surface area contributed by atoms with E-state index >= 15 is 0 Å². The lowest BCUT2D eigenvalue weighted by molar-refractivity contribution is 0.202. The van der Waals surface area contributed by atoms with Crippen LogP contribution in [0.2, 0.25) is 0 Å². The number of hydrogen-bond acceptors (Lipinski definition) is 7. The van der Waals surface area contributed by atoms with Crippen molar-refractivity contribution in [2.24, 2.45) is 0 Å². The SMILES string of the molecule is COc1ccc(O)cc1CN1CCn2nc(CNc3ncccn3)cc2C1. The number of aromatic nitrogens is 4. The number of benzene rings is 1. The Labute approximate surface area is 157 Å². The first-order valence-electron chi connectivity index (χ1n) is 8.86. The van der Waals surface area contributed by atoms with Gasteiger partial charge in [0, 0.05) is 37.6 Å². The zero-order valence-corrected chi connectivity index (χ0v) is 15.2. The summed E-state index contributed by atoms with van der Waals surface area (Å²) in [6.07, 6.45) is 3.42. The molecule has 1 aromatic carbocycles. The fraction of sp³-hybridized carbons (Fsp3) is 0.316. The number of hydrogen-bond donors (Lipinski definition) is 2. The van der Waals surface area contributed by atoms with Crippen LogP contribution in [0.4, 0.5) is 5.95 Å². The lowest BCUT2D eigenvalue weighted by Gasteiger charge is -2.28. The minimum absolute atomic E-state index is 0.254. The second-order valence-corrected chi connectivity index (χ2v) is 6.48. The minimum atomic E-state index is 0.254. The largest absolute Gasteiger partial charge is 0.508 e. The summed E-state index contributed by atoms with van der Waals surface area (Å²) in [5.74, 6) is 1.64. The maximum Gasteiger partial charge on any atom is 0.222 e. The lowest BCUT2D eigenvalue weighted by atomic mass is 10.1. The first-order chi connectivity index (χ1) is 13.2. The summed E-state index contributed by atoms with van der Waals surface area (Å²) < 4.78 is 7.47. The van der Waals surface area contributed by atoms with Crippen LogP contribution in [0.5, 0.6) is 11.5 Å². The Morgan fingerprint density at radius 1 is 1.19 bits per heavy atom. The first-order valence-corrected chi connectivity index (χ1v) is 8.86. The summed E-state index contributed by atoms with van der Waals surface area (Å²) in [5, 5.41) is 17.6. The minimum Gasteiger partial charge on any atom is -0.508 e. The highest BCUT2D eigenvalue weighted by Gasteiger charge is 2.20. The van der Waals surface area contributed by atoms with Gasteiger partial charge < -0.3 is 15.2 Å². The van der Waals surface area contributed by atoms with Gasteiger partial charge in [0.25, 0.3) is 0 Å². The quantitative estimate of drug-likeness (QED) is 0.690. The van der Waals surface area contributed by atoms with Gasteiger partial charge in [-0.15, -0.1) is 0 Å². The molecule has 0 atom stereocenters. The molecule has 0 radical (unpaired) electrons. The number of fused-ring (bicyclic) bond motifs is 1. The van der Waals surface area contributed by atoms with Gasteiger partial charge in [-0.2, -0.15) is 5.10 Å². The van der Waals surface area contributed by atoms with Crippen LogP contribution in [0.25, 0.3) is 0 Å². The predicted octanol–water partition coefficient (Wildman–Crippen LogP) is 2.02. The maximum absolute atomic E-state index is 9.77. The van der Waals surface area contributed by atoms with Crippen LogP contribution in [-0.2, 0) is 26.2 Å². The lowest BCUT2D eigenvalue weighted by Crippen LogP contribution is -2.33. The number of phenolic OH excluding ortho intramolecular Hbond substituents is 1. The third kappa shape index (κ3) is 4.01. The van der Waals surface area contributed by atoms with E-state index in [1.54, 1.807) is 43.8 Å². The smallest absolute Gasteiger partial charge is 0.222 e. The molecule has 1 aliphatic heterocycles. The number of nitrogens with one attached hydrogen (secondary N) is 1. The van der Waals surface area contributed by atoms with Gasteiger partial charge in [0.05, 0.1) is 31.6 Å². The fourth-order valence-electron chi connectivity index (χ4n) is 3.29. The van der Waals surface area contributed by atoms with Crippen molar-refractivity contribution in [2.75, 3.05) is 19.0 Å². The molecular weight excluding hydrogens is 344 g/mol. The Balaban J connectivity index is 1.41. The van der Waals surface area contributed by atoms with Gasteiger partial charge in [0.15, 0.2) is 0 Å². The molecule has 4 rings (SSSR count). The molecule has 0 saturated carbocycles. The van der Waals surface area contributed by atoms with Gasteiger partial charge in [0.1, 0.15) is 11.5 Å². The maximum atomic E-state index is 9.77. The molecule has 0 bridgehead atoms. The second kappa shape index (κ2) is 7.63. The highest BCUT2D eigenvalue weighted by molar-refractivity contribution is 5.39. The van der Waals surface area contributed by atoms with E-state index in [0.717, 1.165) is 36.6 Å². The van der Waals surface area contributed by atoms with Gasteiger partial charge in [-0.1, -0.05) is 0 Å². The molecule has 0 aliphatic carbocycles. The van der Waals surface area contributed by atoms with Crippen LogP contribution in [0, 0.1) is 0 Å². The predicted molar refractivity (Wildman–Crippen MR) is 100 cm³/mol. The zero-order valence-electron chi connectivity index (χ0n) is 15.2. The summed E-state index contributed by atoms with van der Waals surface area (Å²) in [6.45, 7) is 3.83. The van der Waals surface area contributed by atoms with Crippen molar-refractivity contribution in [3.8, 4) is 11.5 Å². The Bertz CT molecular complexity index is 912. The van der Waals surface area contributed by atoms with Crippen LogP contribution in [0.1, 0.15) is 17.0 Å². The summed E-state index contributed by atoms with van der Waals surface area (Å²) in [6, 6.07) is 9.11. The third-order valence-electron chi connectivity index (χ3n) is 4.58. The number of phenols is 1. The molecule has 1 aliphatic rings. The highest BCUT2D eigenvalue weighted by atomic mass is 16.5. The Hall–Kier alpha value is -3.13. The molecule has 2 aromatic heterocycles. The molecule has 0 spiro atoms. The van der Waals surface area contributed by atoms with E-state index in [1.807, 2.05) is 0 Å². The first kappa shape index (κ1) is 17.3. The summed E-state index contributed by atoms with van der Waals surface area (Å²) in [5.41, 5.74) is 3.12. The van der Waals surface area contributed by atoms with E-state index in [4.69, 9.17) is 4.74 Å². The molecular formula is C19H22N6O2. The van der Waals surface area contributed by atoms with E-state index in [-0.39, 0.29) is 5.75 Å². The average molecular weight is 366 g/mol. The van der Waals surface area contributed by atoms with Crippen molar-refractivity contribution >= 4 is 5.95 Å². The second-order valence-electron chi connectivity index (χ2n) is 6.48. The standard InChI is InChI=1S/C19H22N6O2/c1-27-18-4-3-17(26)9-14(18)12-24-7-8-25-16(13-24)10-15(23-25)11-22-19-20-5-2-6-21-19/h2-6,9-10,26H,7-8,11-13H2,1H3,(H,20,21,22). The van der Waals surface area contributed by atoms with Gasteiger partial charge in [-0.25, -0.2) is 9.97 Å². The number of anilines is 1. The molecule has 0 saturated heterocycles. The molecule has 2 N–H and O–H groups in total. The fourth-order valence-corrected chi connectivity index (χ4v) is 3.29. The zero-order chi connectivity index (χ0) is 18.6. The summed E-state index contributed by atoms with van der Waals surface area (Å²) in [7, 11) is 1.65. The number of ether oxygens (including phenoxy) is 1. The van der Waals surface area contributed by atoms with Crippen molar-refractivity contribution in [3.05, 3.63) is 59.7 Å². The topological polar surface area (TPSA) is 88.3 Å². The Kier molecular flexibility index (Phi) is 4.88. The number of nitrogens with zero attached hydrogens (tertiary/aromatic N) is 5. The number of methoxy groups -OCH3 is 1. The molecule has 27 heavy (non-hydrogen) atoms.